The number of pyridine rings is 1. The molecule has 1 heterocycles. The highest BCUT2D eigenvalue weighted by molar-refractivity contribution is 7.59. The zero-order valence-electron chi connectivity index (χ0n) is 20.9. The third kappa shape index (κ3) is 7.53. The molecule has 0 bridgehead atoms. The first-order valence-corrected chi connectivity index (χ1v) is 12.0. The van der Waals surface area contributed by atoms with Crippen molar-refractivity contribution in [3.63, 3.8) is 0 Å². The monoisotopic (exact) mass is 525 g/mol. The molecule has 37 heavy (non-hydrogen) atoms. The molecular formula is C28H32FN3O4S. The Morgan fingerprint density at radius 2 is 1.97 bits per heavy atom. The number of hydrogen-bond acceptors (Lipinski definition) is 6. The van der Waals surface area contributed by atoms with Gasteiger partial charge in [-0.3, -0.25) is 14.6 Å². The number of hydrogen-bond donors (Lipinski definition) is 2. The molecule has 1 fully saturated rings. The average molecular weight is 526 g/mol. The summed E-state index contributed by atoms with van der Waals surface area (Å²) in [6.07, 6.45) is 3.88. The maximum absolute atomic E-state index is 13.9. The molecule has 1 amide bonds. The van der Waals surface area contributed by atoms with Crippen LogP contribution in [0.25, 0.3) is 11.3 Å². The number of nitrogens with one attached hydrogen (secondary N) is 1. The van der Waals surface area contributed by atoms with Gasteiger partial charge in [-0.15, -0.1) is 0 Å². The number of benzene rings is 2. The van der Waals surface area contributed by atoms with E-state index in [1.807, 2.05) is 6.07 Å². The first-order chi connectivity index (χ1) is 17.3. The van der Waals surface area contributed by atoms with Gasteiger partial charge in [0.05, 0.1) is 17.9 Å². The molecule has 4 rings (SSSR count). The van der Waals surface area contributed by atoms with Crippen molar-refractivity contribution >= 4 is 25.4 Å². The Labute approximate surface area is 223 Å². The van der Waals surface area contributed by atoms with E-state index in [-0.39, 0.29) is 38.4 Å². The van der Waals surface area contributed by atoms with Crippen molar-refractivity contribution in [3.8, 4) is 17.0 Å². The minimum Gasteiger partial charge on any atom is -0.492 e. The van der Waals surface area contributed by atoms with Gasteiger partial charge >= 0.3 is 5.97 Å². The Balaban J connectivity index is 0.00000380. The molecule has 1 aliphatic rings. The zero-order valence-corrected chi connectivity index (χ0v) is 21.9. The maximum atomic E-state index is 13.9. The molecule has 1 saturated carbocycles. The summed E-state index contributed by atoms with van der Waals surface area (Å²) in [5.41, 5.74) is 9.08. The molecule has 0 radical (unpaired) electrons. The van der Waals surface area contributed by atoms with Crippen LogP contribution in [-0.2, 0) is 22.7 Å². The standard InChI is InChI=1S/C28H30FN3O4.H2S/c1-17-5-6-20(12-24(17)29)14-32-27(33)23-13-21(9-10-25(23)35-15-19-7-8-19)26-22(4-3-11-31-26)16-36-28(34)18(2)30;/h3-6,9-13,18-19H,7-8,14-16,30H2,1-2H3,(H,32,33);1H2/t18-;/m0./s1. The highest BCUT2D eigenvalue weighted by Gasteiger charge is 2.24. The van der Waals surface area contributed by atoms with Gasteiger partial charge < -0.3 is 20.5 Å². The Bertz CT molecular complexity index is 1260. The second-order valence-corrected chi connectivity index (χ2v) is 9.14. The van der Waals surface area contributed by atoms with Gasteiger partial charge in [-0.2, -0.15) is 13.5 Å². The summed E-state index contributed by atoms with van der Waals surface area (Å²) in [5.74, 6) is -0.187. The predicted molar refractivity (Wildman–Crippen MR) is 144 cm³/mol. The van der Waals surface area contributed by atoms with E-state index >= 15 is 0 Å². The van der Waals surface area contributed by atoms with E-state index in [1.54, 1.807) is 56.4 Å². The second-order valence-electron chi connectivity index (χ2n) is 9.14. The van der Waals surface area contributed by atoms with E-state index in [4.69, 9.17) is 15.2 Å². The van der Waals surface area contributed by atoms with Crippen molar-refractivity contribution in [3.05, 3.63) is 82.8 Å². The number of nitrogens with zero attached hydrogens (tertiary/aromatic N) is 1. The van der Waals surface area contributed by atoms with Gasteiger partial charge in [0.15, 0.2) is 0 Å². The predicted octanol–water partition coefficient (Wildman–Crippen LogP) is 4.42. The van der Waals surface area contributed by atoms with Crippen LogP contribution in [0.5, 0.6) is 5.75 Å². The number of halogens is 1. The Morgan fingerprint density at radius 3 is 2.68 bits per heavy atom. The Kier molecular flexibility index (Phi) is 9.66. The molecule has 0 saturated heterocycles. The topological polar surface area (TPSA) is 104 Å². The van der Waals surface area contributed by atoms with Crippen molar-refractivity contribution < 1.29 is 23.5 Å². The van der Waals surface area contributed by atoms with E-state index in [2.05, 4.69) is 10.3 Å². The maximum Gasteiger partial charge on any atom is 0.322 e. The van der Waals surface area contributed by atoms with E-state index in [9.17, 15) is 14.0 Å². The lowest BCUT2D eigenvalue weighted by molar-refractivity contribution is -0.146. The molecule has 1 atom stereocenters. The molecule has 2 aromatic carbocycles. The van der Waals surface area contributed by atoms with Crippen LogP contribution in [0.2, 0.25) is 0 Å². The summed E-state index contributed by atoms with van der Waals surface area (Å²) in [6, 6.07) is 13.0. The molecule has 7 nitrogen and oxygen atoms in total. The molecule has 196 valence electrons. The molecule has 1 aliphatic carbocycles. The fraction of sp³-hybridized carbons (Fsp3) is 0.321. The average Bonchev–Trinajstić information content (AvgIpc) is 3.71. The normalized spacial score (nSPS) is 13.3. The largest absolute Gasteiger partial charge is 0.492 e. The lowest BCUT2D eigenvalue weighted by atomic mass is 10.0. The van der Waals surface area contributed by atoms with Crippen molar-refractivity contribution in [2.45, 2.75) is 45.9 Å². The van der Waals surface area contributed by atoms with Crippen LogP contribution in [-0.4, -0.2) is 29.5 Å². The Morgan fingerprint density at radius 1 is 1.19 bits per heavy atom. The molecule has 3 aromatic rings. The molecular weight excluding hydrogens is 493 g/mol. The summed E-state index contributed by atoms with van der Waals surface area (Å²) in [6.45, 7) is 3.97. The minimum atomic E-state index is -0.731. The number of amides is 1. The van der Waals surface area contributed by atoms with Gasteiger partial charge in [0.25, 0.3) is 5.91 Å². The zero-order chi connectivity index (χ0) is 25.7. The summed E-state index contributed by atoms with van der Waals surface area (Å²) >= 11 is 0. The second kappa shape index (κ2) is 12.7. The van der Waals surface area contributed by atoms with E-state index in [1.165, 1.54) is 6.07 Å². The van der Waals surface area contributed by atoms with Crippen LogP contribution in [0.4, 0.5) is 4.39 Å². The van der Waals surface area contributed by atoms with Crippen molar-refractivity contribution in [1.29, 1.82) is 0 Å². The Hall–Kier alpha value is -3.43. The lowest BCUT2D eigenvalue weighted by Gasteiger charge is -2.15. The van der Waals surface area contributed by atoms with Crippen LogP contribution < -0.4 is 15.8 Å². The lowest BCUT2D eigenvalue weighted by Crippen LogP contribution is -2.28. The number of rotatable bonds is 10. The first-order valence-electron chi connectivity index (χ1n) is 12.0. The number of carbonyl (C=O) groups excluding carboxylic acids is 2. The van der Waals surface area contributed by atoms with Crippen molar-refractivity contribution in [2.75, 3.05) is 6.61 Å². The first kappa shape index (κ1) is 28.1. The third-order valence-electron chi connectivity index (χ3n) is 5.99. The molecule has 0 unspecified atom stereocenters. The summed E-state index contributed by atoms with van der Waals surface area (Å²) in [4.78, 5) is 29.5. The minimum absolute atomic E-state index is 0. The number of aryl methyl sites for hydroxylation is 1. The van der Waals surface area contributed by atoms with Crippen molar-refractivity contribution in [1.82, 2.24) is 10.3 Å². The molecule has 3 N–H and O–H groups in total. The number of nitrogens with two attached hydrogens (primary N) is 1. The van der Waals surface area contributed by atoms with Gasteiger partial charge in [-0.05, 0) is 74.1 Å². The molecule has 1 aromatic heterocycles. The van der Waals surface area contributed by atoms with Gasteiger partial charge in [0, 0.05) is 23.9 Å². The van der Waals surface area contributed by atoms with Crippen LogP contribution in [0.3, 0.4) is 0 Å². The van der Waals surface area contributed by atoms with Gasteiger partial charge in [0.2, 0.25) is 0 Å². The number of esters is 1. The smallest absolute Gasteiger partial charge is 0.322 e. The number of aromatic nitrogens is 1. The summed E-state index contributed by atoms with van der Waals surface area (Å²) < 4.78 is 25.2. The SMILES string of the molecule is Cc1ccc(CNC(=O)c2cc(-c3ncccc3COC(=O)[C@H](C)N)ccc2OCC2CC2)cc1F.S. The summed E-state index contributed by atoms with van der Waals surface area (Å²) in [7, 11) is 0. The van der Waals surface area contributed by atoms with E-state index < -0.39 is 12.0 Å². The fourth-order valence-corrected chi connectivity index (χ4v) is 3.59. The van der Waals surface area contributed by atoms with Crippen molar-refractivity contribution in [2.24, 2.45) is 11.7 Å². The van der Waals surface area contributed by atoms with E-state index in [0.29, 0.717) is 51.8 Å². The summed E-state index contributed by atoms with van der Waals surface area (Å²) in [5, 5.41) is 2.86. The molecule has 0 aliphatic heterocycles. The number of carbonyl (C=O) groups is 2. The van der Waals surface area contributed by atoms with Crippen LogP contribution in [0, 0.1) is 18.7 Å². The van der Waals surface area contributed by atoms with Gasteiger partial charge in [-0.25, -0.2) is 4.39 Å². The fourth-order valence-electron chi connectivity index (χ4n) is 3.59. The van der Waals surface area contributed by atoms with Crippen LogP contribution in [0.1, 0.15) is 46.8 Å². The quantitative estimate of drug-likeness (QED) is 0.380. The number of ether oxygens (including phenoxy) is 2. The van der Waals surface area contributed by atoms with Crippen LogP contribution >= 0.6 is 13.5 Å². The highest BCUT2D eigenvalue weighted by Crippen LogP contribution is 2.32. The van der Waals surface area contributed by atoms with Gasteiger partial charge in [-0.1, -0.05) is 18.2 Å². The van der Waals surface area contributed by atoms with Crippen LogP contribution in [0.15, 0.2) is 54.7 Å². The molecule has 9 heteroatoms. The van der Waals surface area contributed by atoms with Gasteiger partial charge in [0.1, 0.15) is 24.2 Å². The highest BCUT2D eigenvalue weighted by atomic mass is 32.1. The molecule has 0 spiro atoms. The van der Waals surface area contributed by atoms with E-state index in [0.717, 1.165) is 12.8 Å². The third-order valence-corrected chi connectivity index (χ3v) is 5.99.